The van der Waals surface area contributed by atoms with Crippen LogP contribution in [0, 0.1) is 11.6 Å². The Kier molecular flexibility index (Phi) is 6.89. The van der Waals surface area contributed by atoms with Gasteiger partial charge in [0.15, 0.2) is 11.7 Å². The van der Waals surface area contributed by atoms with E-state index in [1.807, 2.05) is 0 Å². The van der Waals surface area contributed by atoms with Gasteiger partial charge in [-0.2, -0.15) is 8.42 Å². The molecule has 1 unspecified atom stereocenters. The number of quaternary nitrogens is 1. The number of benzene rings is 2. The number of carbonyl (C=O) groups is 2. The van der Waals surface area contributed by atoms with Crippen LogP contribution in [-0.4, -0.2) is 62.7 Å². The molecule has 3 heterocycles. The minimum atomic E-state index is -4.21. The highest BCUT2D eigenvalue weighted by Crippen LogP contribution is 2.52. The monoisotopic (exact) mass is 574 g/mol. The van der Waals surface area contributed by atoms with Crippen molar-refractivity contribution in [1.29, 1.82) is 0 Å². The maximum absolute atomic E-state index is 14.7. The lowest BCUT2D eigenvalue weighted by atomic mass is 9.75. The fourth-order valence-corrected chi connectivity index (χ4v) is 7.62. The highest BCUT2D eigenvalue weighted by molar-refractivity contribution is 7.90. The number of hydrogen-bond acceptors (Lipinski definition) is 6. The number of carbonyl (C=O) groups excluding carboxylic acids is 2. The average Bonchev–Trinajstić information content (AvgIpc) is 3.39. The van der Waals surface area contributed by atoms with Crippen LogP contribution in [0.1, 0.15) is 37.8 Å². The molecule has 0 bridgehead atoms. The van der Waals surface area contributed by atoms with E-state index in [-0.39, 0.29) is 18.7 Å². The molecule has 2 atom stereocenters. The van der Waals surface area contributed by atoms with Crippen molar-refractivity contribution in [2.45, 2.75) is 50.1 Å². The van der Waals surface area contributed by atoms with Crippen molar-refractivity contribution in [1.82, 2.24) is 19.5 Å². The number of nitrogens with one attached hydrogen (secondary N) is 3. The molecular weight excluding hydrogens is 540 g/mol. The third-order valence-electron chi connectivity index (χ3n) is 8.27. The quantitative estimate of drug-likeness (QED) is 0.334. The van der Waals surface area contributed by atoms with Crippen LogP contribution in [0.4, 0.5) is 14.5 Å². The molecule has 1 saturated heterocycles. The van der Waals surface area contributed by atoms with Crippen LogP contribution in [0.25, 0.3) is 10.9 Å². The zero-order chi connectivity index (χ0) is 29.1. The lowest BCUT2D eigenvalue weighted by Crippen LogP contribution is -2.67. The van der Waals surface area contributed by atoms with E-state index in [9.17, 15) is 26.8 Å². The number of aromatic nitrogens is 1. The Labute approximate surface area is 231 Å². The van der Waals surface area contributed by atoms with Crippen LogP contribution in [-0.2, 0) is 31.4 Å². The first-order chi connectivity index (χ1) is 18.7. The van der Waals surface area contributed by atoms with Crippen LogP contribution in [0.2, 0.25) is 0 Å². The van der Waals surface area contributed by atoms with Gasteiger partial charge < -0.3 is 21.4 Å². The topological polar surface area (TPSA) is 134 Å². The van der Waals surface area contributed by atoms with E-state index in [1.165, 1.54) is 38.1 Å². The molecule has 2 aliphatic heterocycles. The van der Waals surface area contributed by atoms with E-state index in [1.54, 1.807) is 12.3 Å². The third-order valence-corrected chi connectivity index (χ3v) is 9.91. The van der Waals surface area contributed by atoms with Gasteiger partial charge in [0.05, 0.1) is 17.2 Å². The number of halogens is 2. The number of rotatable bonds is 6. The van der Waals surface area contributed by atoms with Gasteiger partial charge in [0, 0.05) is 35.2 Å². The van der Waals surface area contributed by atoms with Crippen LogP contribution in [0.5, 0.6) is 0 Å². The van der Waals surface area contributed by atoms with Gasteiger partial charge in [-0.3, -0.25) is 4.79 Å². The molecule has 0 aliphatic carbocycles. The second kappa shape index (κ2) is 9.72. The summed E-state index contributed by atoms with van der Waals surface area (Å²) in [5, 5.41) is 6.45. The fourth-order valence-electron chi connectivity index (χ4n) is 6.17. The van der Waals surface area contributed by atoms with Crippen LogP contribution in [0.15, 0.2) is 42.6 Å². The second-order valence-electron chi connectivity index (χ2n) is 11.6. The fraction of sp³-hybridized carbons (Fsp3) is 0.429. The van der Waals surface area contributed by atoms with Crippen molar-refractivity contribution < 1.29 is 26.8 Å². The Bertz CT molecular complexity index is 1610. The van der Waals surface area contributed by atoms with Crippen molar-refractivity contribution in [3.05, 3.63) is 65.4 Å². The maximum Gasteiger partial charge on any atom is 0.356 e. The van der Waals surface area contributed by atoms with E-state index in [0.29, 0.717) is 48.0 Å². The lowest BCUT2D eigenvalue weighted by Gasteiger charge is -2.37. The molecule has 1 aromatic heterocycles. The van der Waals surface area contributed by atoms with E-state index in [0.717, 1.165) is 12.3 Å². The molecule has 1 spiro atoms. The molecule has 5 rings (SSSR count). The van der Waals surface area contributed by atoms with Gasteiger partial charge in [-0.15, -0.1) is 3.89 Å². The van der Waals surface area contributed by atoms with Gasteiger partial charge >= 0.3 is 15.9 Å². The first kappa shape index (κ1) is 28.3. The van der Waals surface area contributed by atoms with Crippen molar-refractivity contribution in [3.63, 3.8) is 0 Å². The Morgan fingerprint density at radius 1 is 1.12 bits per heavy atom. The van der Waals surface area contributed by atoms with Crippen molar-refractivity contribution in [3.8, 4) is 0 Å². The predicted molar refractivity (Wildman–Crippen MR) is 149 cm³/mol. The predicted octanol–water partition coefficient (Wildman–Crippen LogP) is 2.34. The largest absolute Gasteiger partial charge is 0.361 e. The zero-order valence-corrected chi connectivity index (χ0v) is 23.5. The summed E-state index contributed by atoms with van der Waals surface area (Å²) in [7, 11) is -4.21. The molecular formula is C28H34F2N5O4S+. The first-order valence-electron chi connectivity index (χ1n) is 13.2. The third kappa shape index (κ3) is 4.62. The Morgan fingerprint density at radius 3 is 2.42 bits per heavy atom. The van der Waals surface area contributed by atoms with Crippen molar-refractivity contribution in [2.24, 2.45) is 5.73 Å². The number of piperidine rings is 1. The second-order valence-corrected chi connectivity index (χ2v) is 13.7. The molecule has 9 nitrogen and oxygen atoms in total. The van der Waals surface area contributed by atoms with Gasteiger partial charge in [0.1, 0.15) is 18.2 Å². The van der Waals surface area contributed by atoms with Gasteiger partial charge in [0.2, 0.25) is 5.91 Å². The van der Waals surface area contributed by atoms with Gasteiger partial charge in [-0.05, 0) is 75.7 Å². The standard InChI is InChI=1S/C28H33F2N5O4S/c1-27(2,31)26(37)34-23(12-17-15-33-22-6-4-18(29)13-20(17)22)25(36)35(40(3,38)39)16-28(8-10-32-11-9-28)21-14-19(30)5-7-24(21)35/h4-7,13-15,23,32-33H,8-12,16,31H2,1-3H3/p+1/t23-,35?/m1/s1. The first-order valence-corrected chi connectivity index (χ1v) is 15.0. The average molecular weight is 575 g/mol. The molecule has 214 valence electrons. The summed E-state index contributed by atoms with van der Waals surface area (Å²) in [5.41, 5.74) is 5.73. The van der Waals surface area contributed by atoms with E-state index in [4.69, 9.17) is 5.73 Å². The van der Waals surface area contributed by atoms with Crippen molar-refractivity contribution >= 4 is 38.4 Å². The summed E-state index contributed by atoms with van der Waals surface area (Å²) in [6, 6.07) is 6.68. The molecule has 1 fully saturated rings. The number of aromatic amines is 1. The maximum atomic E-state index is 14.7. The summed E-state index contributed by atoms with van der Waals surface area (Å²) in [6.07, 6.45) is 3.51. The number of amides is 2. The zero-order valence-electron chi connectivity index (χ0n) is 22.7. The number of nitrogens with zero attached hydrogens (tertiary/aromatic N) is 1. The molecule has 5 N–H and O–H groups in total. The summed E-state index contributed by atoms with van der Waals surface area (Å²) < 4.78 is 55.2. The molecule has 0 saturated carbocycles. The van der Waals surface area contributed by atoms with Crippen LogP contribution >= 0.6 is 0 Å². The minimum absolute atomic E-state index is 0.119. The van der Waals surface area contributed by atoms with Crippen LogP contribution in [0.3, 0.4) is 0 Å². The summed E-state index contributed by atoms with van der Waals surface area (Å²) in [4.78, 5) is 30.9. The smallest absolute Gasteiger partial charge is 0.356 e. The van der Waals surface area contributed by atoms with E-state index < -0.39 is 54.4 Å². The van der Waals surface area contributed by atoms with Gasteiger partial charge in [0.25, 0.3) is 0 Å². The van der Waals surface area contributed by atoms with E-state index >= 15 is 0 Å². The minimum Gasteiger partial charge on any atom is -0.361 e. The number of H-pyrrole nitrogens is 1. The molecule has 0 radical (unpaired) electrons. The number of nitrogens with two attached hydrogens (primary N) is 1. The summed E-state index contributed by atoms with van der Waals surface area (Å²) in [6.45, 7) is 3.99. The van der Waals surface area contributed by atoms with Crippen molar-refractivity contribution in [2.75, 3.05) is 25.9 Å². The number of sulfonamides is 1. The van der Waals surface area contributed by atoms with Crippen LogP contribution < -0.4 is 20.3 Å². The van der Waals surface area contributed by atoms with Gasteiger partial charge in [-0.1, -0.05) is 0 Å². The summed E-state index contributed by atoms with van der Waals surface area (Å²) >= 11 is 0. The molecule has 2 aromatic carbocycles. The molecule has 3 aromatic rings. The van der Waals surface area contributed by atoms with E-state index in [2.05, 4.69) is 15.6 Å². The SMILES string of the molecule is CC(C)(N)C(=O)N[C@H](Cc1c[nH]c2ccc(F)cc12)C(=O)[N+]1(S(C)(=O)=O)CC2(CCNCC2)c2cc(F)ccc21. The normalized spacial score (nSPS) is 21.4. The molecule has 2 amide bonds. The molecule has 2 aliphatic rings. The highest BCUT2D eigenvalue weighted by atomic mass is 32.2. The summed E-state index contributed by atoms with van der Waals surface area (Å²) in [5.74, 6) is -2.44. The van der Waals surface area contributed by atoms with Gasteiger partial charge in [-0.25, -0.2) is 13.6 Å². The number of hydrogen-bond donors (Lipinski definition) is 4. The number of fused-ring (bicyclic) bond motifs is 3. The molecule has 40 heavy (non-hydrogen) atoms. The lowest BCUT2D eigenvalue weighted by molar-refractivity contribution is -0.134. The Hall–Kier alpha value is -3.19. The molecule has 12 heteroatoms. The Morgan fingerprint density at radius 2 is 1.77 bits per heavy atom. The Balaban J connectivity index is 1.68. The highest BCUT2D eigenvalue weighted by Gasteiger charge is 2.64.